The number of hydrogen-bond acceptors (Lipinski definition) is 7. The van der Waals surface area contributed by atoms with E-state index in [1.54, 1.807) is 49.6 Å². The molecule has 3 aromatic carbocycles. The van der Waals surface area contributed by atoms with Crippen LogP contribution in [0.1, 0.15) is 23.6 Å². The Hall–Kier alpha value is -4.84. The van der Waals surface area contributed by atoms with Gasteiger partial charge in [-0.1, -0.05) is 18.2 Å². The number of rotatable bonds is 11. The molecule has 0 aromatic heterocycles. The van der Waals surface area contributed by atoms with E-state index < -0.39 is 10.8 Å². The van der Waals surface area contributed by atoms with Crippen molar-refractivity contribution in [2.75, 3.05) is 13.7 Å². The number of nitrogens with one attached hydrogen (secondary N) is 1. The minimum Gasteiger partial charge on any atom is -0.497 e. The maximum absolute atomic E-state index is 12.6. The normalized spacial score (nSPS) is 10.8. The Labute approximate surface area is 208 Å². The Bertz CT molecular complexity index is 1280. The number of carbonyl (C=O) groups excluding carboxylic acids is 1. The van der Waals surface area contributed by atoms with Crippen LogP contribution in [0.3, 0.4) is 0 Å². The molecule has 0 aliphatic rings. The zero-order valence-electron chi connectivity index (χ0n) is 19.9. The molecule has 0 atom stereocenters. The second kappa shape index (κ2) is 12.6. The summed E-state index contributed by atoms with van der Waals surface area (Å²) >= 11 is 0. The van der Waals surface area contributed by atoms with E-state index in [1.165, 1.54) is 18.2 Å². The molecule has 0 heterocycles. The largest absolute Gasteiger partial charge is 0.497 e. The van der Waals surface area contributed by atoms with Gasteiger partial charge in [-0.05, 0) is 66.1 Å². The van der Waals surface area contributed by atoms with Gasteiger partial charge in [0.05, 0.1) is 18.6 Å². The third-order valence-electron chi connectivity index (χ3n) is 5.10. The maximum atomic E-state index is 12.6. The van der Waals surface area contributed by atoms with Gasteiger partial charge in [-0.2, -0.15) is 5.26 Å². The lowest BCUT2D eigenvalue weighted by molar-refractivity contribution is -0.384. The third kappa shape index (κ3) is 7.08. The lowest BCUT2D eigenvalue weighted by atomic mass is 10.1. The first-order valence-electron chi connectivity index (χ1n) is 11.1. The Morgan fingerprint density at radius 3 is 2.33 bits per heavy atom. The Kier molecular flexibility index (Phi) is 9.00. The zero-order chi connectivity index (χ0) is 25.9. The van der Waals surface area contributed by atoms with Crippen molar-refractivity contribution in [2.24, 2.45) is 0 Å². The van der Waals surface area contributed by atoms with Crippen molar-refractivity contribution in [1.82, 2.24) is 5.32 Å². The number of hydrogen-bond donors (Lipinski definition) is 1. The predicted octanol–water partition coefficient (Wildman–Crippen LogP) is 4.80. The molecule has 0 saturated heterocycles. The van der Waals surface area contributed by atoms with Crippen LogP contribution in [-0.2, 0) is 17.9 Å². The van der Waals surface area contributed by atoms with Gasteiger partial charge in [-0.25, -0.2) is 0 Å². The van der Waals surface area contributed by atoms with E-state index in [9.17, 15) is 20.2 Å². The second-order valence-corrected chi connectivity index (χ2v) is 7.55. The third-order valence-corrected chi connectivity index (χ3v) is 5.10. The molecule has 0 unspecified atom stereocenters. The number of nitro benzene ring substituents is 1. The van der Waals surface area contributed by atoms with Crippen molar-refractivity contribution in [3.05, 3.63) is 99.1 Å². The summed E-state index contributed by atoms with van der Waals surface area (Å²) in [6, 6.07) is 20.4. The molecule has 184 valence electrons. The molecule has 0 bridgehead atoms. The van der Waals surface area contributed by atoms with Gasteiger partial charge in [0, 0.05) is 18.7 Å². The van der Waals surface area contributed by atoms with Crippen molar-refractivity contribution in [1.29, 1.82) is 5.26 Å². The van der Waals surface area contributed by atoms with Crippen LogP contribution in [0.5, 0.6) is 17.2 Å². The summed E-state index contributed by atoms with van der Waals surface area (Å²) in [5.74, 6) is 1.14. The van der Waals surface area contributed by atoms with E-state index in [4.69, 9.17) is 14.2 Å². The highest BCUT2D eigenvalue weighted by atomic mass is 16.6. The van der Waals surface area contributed by atoms with E-state index in [-0.39, 0.29) is 24.4 Å². The number of carbonyl (C=O) groups is 1. The smallest absolute Gasteiger partial charge is 0.269 e. The summed E-state index contributed by atoms with van der Waals surface area (Å²) in [6.07, 6.45) is 1.48. The monoisotopic (exact) mass is 487 g/mol. The SMILES string of the molecule is CCOc1cc(/C=C(/C#N)C(=O)NCc2ccc(OC)cc2)ccc1OCc1ccc([N+](=O)[O-])cc1. The van der Waals surface area contributed by atoms with Crippen LogP contribution < -0.4 is 19.5 Å². The number of amides is 1. The van der Waals surface area contributed by atoms with E-state index in [0.29, 0.717) is 29.4 Å². The van der Waals surface area contributed by atoms with Crippen LogP contribution >= 0.6 is 0 Å². The van der Waals surface area contributed by atoms with Crippen molar-refractivity contribution >= 4 is 17.7 Å². The molecule has 3 rings (SSSR count). The molecule has 9 nitrogen and oxygen atoms in total. The van der Waals surface area contributed by atoms with Crippen LogP contribution in [0.25, 0.3) is 6.08 Å². The maximum Gasteiger partial charge on any atom is 0.269 e. The number of nitro groups is 1. The number of non-ortho nitro benzene ring substituents is 1. The van der Waals surface area contributed by atoms with E-state index in [2.05, 4.69) is 5.32 Å². The molecule has 0 aliphatic carbocycles. The molecular weight excluding hydrogens is 462 g/mol. The van der Waals surface area contributed by atoms with Crippen LogP contribution in [-0.4, -0.2) is 24.5 Å². The van der Waals surface area contributed by atoms with Gasteiger partial charge in [-0.3, -0.25) is 14.9 Å². The zero-order valence-corrected chi connectivity index (χ0v) is 19.9. The Morgan fingerprint density at radius 1 is 1.03 bits per heavy atom. The number of benzene rings is 3. The lowest BCUT2D eigenvalue weighted by Crippen LogP contribution is -2.23. The van der Waals surface area contributed by atoms with E-state index in [1.807, 2.05) is 25.1 Å². The van der Waals surface area contributed by atoms with Crippen molar-refractivity contribution in [2.45, 2.75) is 20.1 Å². The molecule has 0 fully saturated rings. The molecule has 1 N–H and O–H groups in total. The summed E-state index contributed by atoms with van der Waals surface area (Å²) in [6.45, 7) is 2.66. The van der Waals surface area contributed by atoms with Crippen LogP contribution in [0.15, 0.2) is 72.3 Å². The van der Waals surface area contributed by atoms with Crippen LogP contribution in [0.2, 0.25) is 0 Å². The van der Waals surface area contributed by atoms with Gasteiger partial charge >= 0.3 is 0 Å². The summed E-state index contributed by atoms with van der Waals surface area (Å²) in [4.78, 5) is 22.9. The predicted molar refractivity (Wildman–Crippen MR) is 133 cm³/mol. The van der Waals surface area contributed by atoms with Gasteiger partial charge in [0.1, 0.15) is 24.0 Å². The number of methoxy groups -OCH3 is 1. The molecule has 0 radical (unpaired) electrons. The first-order chi connectivity index (χ1) is 17.4. The molecule has 0 saturated carbocycles. The topological polar surface area (TPSA) is 124 Å². The molecular formula is C27H25N3O6. The Morgan fingerprint density at radius 2 is 1.72 bits per heavy atom. The van der Waals surface area contributed by atoms with Crippen molar-refractivity contribution < 1.29 is 23.9 Å². The second-order valence-electron chi connectivity index (χ2n) is 7.55. The molecule has 1 amide bonds. The minimum atomic E-state index is -0.496. The van der Waals surface area contributed by atoms with Crippen molar-refractivity contribution in [3.8, 4) is 23.3 Å². The standard InChI is InChI=1S/C27H25N3O6/c1-3-35-26-15-21(8-13-25(26)36-18-20-4-9-23(10-5-20)30(32)33)14-22(16-28)27(31)29-17-19-6-11-24(34-2)12-7-19/h4-15H,3,17-18H2,1-2H3,(H,29,31)/b22-14-. The quantitative estimate of drug-likeness (QED) is 0.178. The molecule has 3 aromatic rings. The highest BCUT2D eigenvalue weighted by Crippen LogP contribution is 2.30. The molecule has 0 aliphatic heterocycles. The first kappa shape index (κ1) is 25.8. The number of nitrogens with zero attached hydrogens (tertiary/aromatic N) is 2. The fourth-order valence-corrected chi connectivity index (χ4v) is 3.21. The summed E-state index contributed by atoms with van der Waals surface area (Å²) in [5.41, 5.74) is 2.18. The minimum absolute atomic E-state index is 0.00577. The van der Waals surface area contributed by atoms with Gasteiger partial charge in [0.25, 0.3) is 11.6 Å². The van der Waals surface area contributed by atoms with Gasteiger partial charge < -0.3 is 19.5 Å². The summed E-state index contributed by atoms with van der Waals surface area (Å²) < 4.78 is 16.6. The fourth-order valence-electron chi connectivity index (χ4n) is 3.21. The molecule has 9 heteroatoms. The van der Waals surface area contributed by atoms with Crippen LogP contribution in [0.4, 0.5) is 5.69 Å². The first-order valence-corrected chi connectivity index (χ1v) is 11.1. The fraction of sp³-hybridized carbons (Fsp3) is 0.185. The Balaban J connectivity index is 1.69. The van der Waals surface area contributed by atoms with Gasteiger partial charge in [0.15, 0.2) is 11.5 Å². The molecule has 36 heavy (non-hydrogen) atoms. The summed E-state index contributed by atoms with van der Waals surface area (Å²) in [5, 5.41) is 23.1. The average Bonchev–Trinajstić information content (AvgIpc) is 2.90. The average molecular weight is 488 g/mol. The van der Waals surface area contributed by atoms with E-state index in [0.717, 1.165) is 11.1 Å². The lowest BCUT2D eigenvalue weighted by Gasteiger charge is -2.13. The summed E-state index contributed by atoms with van der Waals surface area (Å²) in [7, 11) is 1.58. The van der Waals surface area contributed by atoms with Gasteiger partial charge in [0.2, 0.25) is 0 Å². The number of ether oxygens (including phenoxy) is 3. The van der Waals surface area contributed by atoms with Crippen LogP contribution in [0, 0.1) is 21.4 Å². The van der Waals surface area contributed by atoms with Gasteiger partial charge in [-0.15, -0.1) is 0 Å². The number of nitriles is 1. The highest BCUT2D eigenvalue weighted by Gasteiger charge is 2.12. The highest BCUT2D eigenvalue weighted by molar-refractivity contribution is 6.01. The molecule has 0 spiro atoms. The van der Waals surface area contributed by atoms with E-state index >= 15 is 0 Å². The van der Waals surface area contributed by atoms with Crippen molar-refractivity contribution in [3.63, 3.8) is 0 Å².